The first kappa shape index (κ1) is 16.9. The molecular weight excluding hydrogens is 262 g/mol. The van der Waals surface area contributed by atoms with Crippen LogP contribution in [-0.4, -0.2) is 33.9 Å². The predicted molar refractivity (Wildman–Crippen MR) is 78.0 cm³/mol. The van der Waals surface area contributed by atoms with Gasteiger partial charge in [-0.25, -0.2) is 8.78 Å². The summed E-state index contributed by atoms with van der Waals surface area (Å²) in [6, 6.07) is 2.77. The van der Waals surface area contributed by atoms with E-state index in [0.717, 1.165) is 0 Å². The summed E-state index contributed by atoms with van der Waals surface area (Å²) < 4.78 is 33.4. The maximum absolute atomic E-state index is 14.2. The number of nitrogens with one attached hydrogen (secondary N) is 1. The summed E-state index contributed by atoms with van der Waals surface area (Å²) in [5.74, 6) is -0.735. The van der Waals surface area contributed by atoms with Crippen molar-refractivity contribution in [3.05, 3.63) is 29.3 Å². The lowest BCUT2D eigenvalue weighted by molar-refractivity contribution is 0.204. The van der Waals surface area contributed by atoms with Crippen molar-refractivity contribution in [2.45, 2.75) is 20.4 Å². The van der Waals surface area contributed by atoms with E-state index in [0.29, 0.717) is 37.7 Å². The maximum atomic E-state index is 14.2. The van der Waals surface area contributed by atoms with E-state index in [1.807, 2.05) is 13.8 Å². The van der Waals surface area contributed by atoms with E-state index in [1.54, 1.807) is 19.1 Å². The Morgan fingerprint density at radius 3 is 2.30 bits per heavy atom. The van der Waals surface area contributed by atoms with Crippen molar-refractivity contribution in [1.29, 1.82) is 0 Å². The molecule has 1 aromatic rings. The van der Waals surface area contributed by atoms with Crippen LogP contribution in [0.15, 0.2) is 12.1 Å². The molecule has 0 radical (unpaired) electrons. The second kappa shape index (κ2) is 8.17. The number of rotatable bonds is 8. The summed E-state index contributed by atoms with van der Waals surface area (Å²) in [5, 5.41) is 2.89. The average Bonchev–Trinajstić information content (AvgIpc) is 2.34. The fourth-order valence-corrected chi connectivity index (χ4v) is 2.16. The topological polar surface area (TPSA) is 24.5 Å². The quantitative estimate of drug-likeness (QED) is 0.795. The minimum Gasteiger partial charge on any atom is -0.383 e. The predicted octanol–water partition coefficient (Wildman–Crippen LogP) is 2.79. The van der Waals surface area contributed by atoms with Crippen LogP contribution in [0.25, 0.3) is 0 Å². The molecule has 1 aromatic carbocycles. The number of hydrogen-bond acceptors (Lipinski definition) is 3. The Balaban J connectivity index is 3.05. The highest BCUT2D eigenvalue weighted by Gasteiger charge is 2.18. The number of hydrogen-bond donors (Lipinski definition) is 1. The molecule has 114 valence electrons. The van der Waals surface area contributed by atoms with Crippen molar-refractivity contribution < 1.29 is 13.5 Å². The van der Waals surface area contributed by atoms with Crippen molar-refractivity contribution >= 4 is 5.69 Å². The van der Waals surface area contributed by atoms with Crippen LogP contribution in [0.2, 0.25) is 0 Å². The molecule has 0 unspecified atom stereocenters. The van der Waals surface area contributed by atoms with Gasteiger partial charge in [-0.2, -0.15) is 0 Å². The minimum absolute atomic E-state index is 0.0376. The van der Waals surface area contributed by atoms with Gasteiger partial charge < -0.3 is 15.0 Å². The molecule has 0 spiro atoms. The van der Waals surface area contributed by atoms with Crippen LogP contribution in [0.3, 0.4) is 0 Å². The summed E-state index contributed by atoms with van der Waals surface area (Å²) in [4.78, 5) is 1.71. The van der Waals surface area contributed by atoms with Crippen molar-refractivity contribution in [3.63, 3.8) is 0 Å². The van der Waals surface area contributed by atoms with Crippen molar-refractivity contribution in [2.75, 3.05) is 38.8 Å². The third-order valence-electron chi connectivity index (χ3n) is 2.92. The molecule has 1 N–H and O–H groups in total. The number of nitrogens with zero attached hydrogens (tertiary/aromatic N) is 1. The first-order valence-electron chi connectivity index (χ1n) is 6.86. The van der Waals surface area contributed by atoms with Gasteiger partial charge in [-0.3, -0.25) is 0 Å². The van der Waals surface area contributed by atoms with E-state index < -0.39 is 11.6 Å². The summed E-state index contributed by atoms with van der Waals surface area (Å²) >= 11 is 0. The van der Waals surface area contributed by atoms with Gasteiger partial charge in [0.05, 0.1) is 6.61 Å². The van der Waals surface area contributed by atoms with Gasteiger partial charge in [0, 0.05) is 26.7 Å². The van der Waals surface area contributed by atoms with Gasteiger partial charge in [0.25, 0.3) is 0 Å². The van der Waals surface area contributed by atoms with Crippen LogP contribution >= 0.6 is 0 Å². The van der Waals surface area contributed by atoms with Crippen molar-refractivity contribution in [2.24, 2.45) is 5.92 Å². The van der Waals surface area contributed by atoms with Crippen LogP contribution < -0.4 is 10.2 Å². The monoisotopic (exact) mass is 286 g/mol. The van der Waals surface area contributed by atoms with Crippen LogP contribution in [0.5, 0.6) is 0 Å². The number of methoxy groups -OCH3 is 1. The molecule has 0 aliphatic rings. The van der Waals surface area contributed by atoms with Gasteiger partial charge in [-0.15, -0.1) is 0 Å². The van der Waals surface area contributed by atoms with E-state index in [4.69, 9.17) is 4.74 Å². The Labute approximate surface area is 119 Å². The van der Waals surface area contributed by atoms with Gasteiger partial charge in [0.2, 0.25) is 0 Å². The molecule has 0 saturated heterocycles. The molecule has 0 aromatic heterocycles. The highest BCUT2D eigenvalue weighted by Crippen LogP contribution is 2.26. The summed E-state index contributed by atoms with van der Waals surface area (Å²) in [6.07, 6.45) is 0. The second-order valence-electron chi connectivity index (χ2n) is 5.27. The van der Waals surface area contributed by atoms with E-state index in [9.17, 15) is 8.78 Å². The molecule has 5 heteroatoms. The lowest BCUT2D eigenvalue weighted by Gasteiger charge is -2.27. The molecule has 0 bridgehead atoms. The molecule has 0 aliphatic carbocycles. The van der Waals surface area contributed by atoms with Crippen LogP contribution in [0, 0.1) is 17.6 Å². The lowest BCUT2D eigenvalue weighted by Crippen LogP contribution is -2.32. The van der Waals surface area contributed by atoms with E-state index in [2.05, 4.69) is 5.32 Å². The van der Waals surface area contributed by atoms with E-state index in [1.165, 1.54) is 12.1 Å². The Bertz CT molecular complexity index is 401. The molecule has 0 atom stereocenters. The smallest absolute Gasteiger partial charge is 0.149 e. The van der Waals surface area contributed by atoms with Crippen molar-refractivity contribution in [1.82, 2.24) is 5.32 Å². The molecular formula is C15H24F2N2O. The maximum Gasteiger partial charge on any atom is 0.149 e. The first-order valence-corrected chi connectivity index (χ1v) is 6.86. The molecule has 0 aliphatic heterocycles. The first-order chi connectivity index (χ1) is 9.49. The van der Waals surface area contributed by atoms with E-state index >= 15 is 0 Å². The Kier molecular flexibility index (Phi) is 6.88. The fraction of sp³-hybridized carbons (Fsp3) is 0.600. The lowest BCUT2D eigenvalue weighted by atomic mass is 10.1. The standard InChI is InChI=1S/C15H24F2N2O/c1-11(2)10-19(5-6-20-4)15-13(16)7-12(9-18-3)8-14(15)17/h7-8,11,18H,5-6,9-10H2,1-4H3. The zero-order valence-corrected chi connectivity index (χ0v) is 12.7. The number of ether oxygens (including phenoxy) is 1. The van der Waals surface area contributed by atoms with Gasteiger partial charge in [0.15, 0.2) is 0 Å². The summed E-state index contributed by atoms with van der Waals surface area (Å²) in [6.45, 7) is 5.96. The molecule has 3 nitrogen and oxygen atoms in total. The minimum atomic E-state index is -0.521. The largest absolute Gasteiger partial charge is 0.383 e. The van der Waals surface area contributed by atoms with Crippen LogP contribution in [0.1, 0.15) is 19.4 Å². The Morgan fingerprint density at radius 1 is 1.25 bits per heavy atom. The zero-order valence-electron chi connectivity index (χ0n) is 12.7. The molecule has 0 fully saturated rings. The molecule has 0 saturated carbocycles. The highest BCUT2D eigenvalue weighted by atomic mass is 19.1. The fourth-order valence-electron chi connectivity index (χ4n) is 2.16. The third kappa shape index (κ3) is 4.72. The number of halogens is 2. The Hall–Kier alpha value is -1.20. The molecule has 0 heterocycles. The van der Waals surface area contributed by atoms with Crippen LogP contribution in [-0.2, 0) is 11.3 Å². The van der Waals surface area contributed by atoms with E-state index in [-0.39, 0.29) is 5.69 Å². The SMILES string of the molecule is CNCc1cc(F)c(N(CCOC)CC(C)C)c(F)c1. The molecule has 0 amide bonds. The molecule has 20 heavy (non-hydrogen) atoms. The third-order valence-corrected chi connectivity index (χ3v) is 2.92. The Morgan fingerprint density at radius 2 is 1.85 bits per heavy atom. The van der Waals surface area contributed by atoms with Gasteiger partial charge in [-0.1, -0.05) is 13.8 Å². The summed E-state index contributed by atoms with van der Waals surface area (Å²) in [7, 11) is 3.32. The van der Waals surface area contributed by atoms with Crippen molar-refractivity contribution in [3.8, 4) is 0 Å². The van der Waals surface area contributed by atoms with Gasteiger partial charge >= 0.3 is 0 Å². The zero-order chi connectivity index (χ0) is 15.1. The van der Waals surface area contributed by atoms with Gasteiger partial charge in [-0.05, 0) is 30.7 Å². The average molecular weight is 286 g/mol. The summed E-state index contributed by atoms with van der Waals surface area (Å²) in [5.41, 5.74) is 0.637. The molecule has 1 rings (SSSR count). The highest BCUT2D eigenvalue weighted by molar-refractivity contribution is 5.50. The number of anilines is 1. The normalized spacial score (nSPS) is 11.2. The second-order valence-corrected chi connectivity index (χ2v) is 5.27. The van der Waals surface area contributed by atoms with Crippen LogP contribution in [0.4, 0.5) is 14.5 Å². The van der Waals surface area contributed by atoms with Gasteiger partial charge in [0.1, 0.15) is 17.3 Å². The number of benzene rings is 1.